The number of nitrogens with one attached hydrogen (secondary N) is 4. The molecule has 10 nitrogen and oxygen atoms in total. The van der Waals surface area contributed by atoms with Crippen LogP contribution in [-0.2, 0) is 9.53 Å². The maximum atomic E-state index is 13.3. The van der Waals surface area contributed by atoms with Gasteiger partial charge in [-0.25, -0.2) is 10.4 Å². The molecule has 0 saturated carbocycles. The molecule has 0 radical (unpaired) electrons. The summed E-state index contributed by atoms with van der Waals surface area (Å²) in [6, 6.07) is 2.19. The highest BCUT2D eigenvalue weighted by molar-refractivity contribution is 5.80. The van der Waals surface area contributed by atoms with Gasteiger partial charge in [-0.15, -0.1) is 0 Å². The van der Waals surface area contributed by atoms with E-state index >= 15 is 0 Å². The lowest BCUT2D eigenvalue weighted by molar-refractivity contribution is -0.135. The van der Waals surface area contributed by atoms with E-state index < -0.39 is 6.17 Å². The predicted octanol–water partition coefficient (Wildman–Crippen LogP) is -1.88. The summed E-state index contributed by atoms with van der Waals surface area (Å²) in [6.07, 6.45) is 3.59. The molecule has 6 N–H and O–H groups in total. The molecule has 6 heterocycles. The Morgan fingerprint density at radius 2 is 2.03 bits per heavy atom. The van der Waals surface area contributed by atoms with E-state index in [1.54, 1.807) is 0 Å². The molecule has 31 heavy (non-hydrogen) atoms. The van der Waals surface area contributed by atoms with Gasteiger partial charge in [0.2, 0.25) is 5.91 Å². The molecule has 7 atom stereocenters. The Labute approximate surface area is 184 Å². The number of piperidine rings is 4. The van der Waals surface area contributed by atoms with E-state index in [-0.39, 0.29) is 42.2 Å². The molecule has 0 aromatic heterocycles. The maximum absolute atomic E-state index is 13.3. The number of hydrogen-bond acceptors (Lipinski definition) is 9. The van der Waals surface area contributed by atoms with Gasteiger partial charge in [0.25, 0.3) is 0 Å². The van der Waals surface area contributed by atoms with Gasteiger partial charge in [0.1, 0.15) is 0 Å². The highest BCUT2D eigenvalue weighted by Crippen LogP contribution is 2.31. The Kier molecular flexibility index (Phi) is 6.44. The minimum atomic E-state index is -0.448. The van der Waals surface area contributed by atoms with E-state index in [2.05, 4.69) is 32.3 Å². The molecule has 2 bridgehead atoms. The van der Waals surface area contributed by atoms with Crippen LogP contribution in [0, 0.1) is 29.1 Å². The van der Waals surface area contributed by atoms with Crippen molar-refractivity contribution in [2.75, 3.05) is 45.8 Å². The van der Waals surface area contributed by atoms with Crippen LogP contribution in [0.2, 0.25) is 0 Å². The number of rotatable bonds is 5. The second-order valence-electron chi connectivity index (χ2n) is 9.87. The zero-order valence-corrected chi connectivity index (χ0v) is 18.1. The van der Waals surface area contributed by atoms with Crippen LogP contribution in [0.15, 0.2) is 0 Å². The van der Waals surface area contributed by atoms with E-state index in [9.17, 15) is 4.79 Å². The quantitative estimate of drug-likeness (QED) is 0.339. The van der Waals surface area contributed by atoms with Crippen LogP contribution in [-0.4, -0.2) is 92.2 Å². The summed E-state index contributed by atoms with van der Waals surface area (Å²) in [4.78, 5) is 15.8. The molecule has 0 aromatic rings. The summed E-state index contributed by atoms with van der Waals surface area (Å²) >= 11 is 0. The van der Waals surface area contributed by atoms with Gasteiger partial charge < -0.3 is 26.0 Å². The number of fused-ring (bicyclic) bond motifs is 4. The molecule has 0 aliphatic carbocycles. The molecular formula is C21H36N8O2. The third-order valence-corrected chi connectivity index (χ3v) is 7.82. The van der Waals surface area contributed by atoms with Gasteiger partial charge in [0, 0.05) is 32.6 Å². The molecule has 0 aromatic carbocycles. The number of hydrogen-bond donors (Lipinski definition) is 5. The van der Waals surface area contributed by atoms with Crippen molar-refractivity contribution in [1.29, 1.82) is 5.26 Å². The second-order valence-corrected chi connectivity index (χ2v) is 9.87. The first-order valence-electron chi connectivity index (χ1n) is 11.9. The lowest BCUT2D eigenvalue weighted by atomic mass is 9.85. The number of nitriles is 1. The summed E-state index contributed by atoms with van der Waals surface area (Å²) in [7, 11) is 0. The summed E-state index contributed by atoms with van der Waals surface area (Å²) < 4.78 is 6.62. The lowest BCUT2D eigenvalue weighted by Crippen LogP contribution is -2.62. The SMILES string of the molecule is N#CCC1CNC2C(C(=O)NC3CNCCC3OC3CN4CCC3CC4)C(N)NN2C1. The smallest absolute Gasteiger partial charge is 0.229 e. The number of carbonyl (C=O) groups is 1. The molecule has 6 rings (SSSR count). The fraction of sp³-hybridized carbons (Fsp3) is 0.905. The topological polar surface area (TPSA) is 131 Å². The Balaban J connectivity index is 1.20. The number of carbonyl (C=O) groups excluding carboxylic acids is 1. The van der Waals surface area contributed by atoms with Crippen LogP contribution in [0.25, 0.3) is 0 Å². The highest BCUT2D eigenvalue weighted by Gasteiger charge is 2.47. The van der Waals surface area contributed by atoms with Crippen molar-refractivity contribution in [3.63, 3.8) is 0 Å². The molecule has 7 unspecified atom stereocenters. The minimum absolute atomic E-state index is 0.0325. The standard InChI is InChI=1S/C21H36N8O2/c22-5-1-13-9-25-20-18(19(23)27-29(20)11-13)21(30)26-15-10-24-6-2-16(15)31-17-12-28-7-3-14(17)4-8-28/h13-20,24-25,27H,1-4,6-12,23H2,(H,26,30). The molecule has 6 aliphatic heterocycles. The van der Waals surface area contributed by atoms with E-state index in [1.807, 2.05) is 5.01 Å². The van der Waals surface area contributed by atoms with Crippen LogP contribution in [0.4, 0.5) is 0 Å². The summed E-state index contributed by atoms with van der Waals surface area (Å²) in [5.74, 6) is 0.479. The Morgan fingerprint density at radius 3 is 2.77 bits per heavy atom. The van der Waals surface area contributed by atoms with Crippen molar-refractivity contribution in [3.8, 4) is 6.07 Å². The minimum Gasteiger partial charge on any atom is -0.371 e. The number of ether oxygens (including phenoxy) is 1. The number of hydrazine groups is 1. The Bertz CT molecular complexity index is 693. The van der Waals surface area contributed by atoms with Crippen molar-refractivity contribution in [2.45, 2.75) is 56.3 Å². The van der Waals surface area contributed by atoms with Gasteiger partial charge in [0.05, 0.1) is 42.6 Å². The number of nitrogens with two attached hydrogens (primary N) is 1. The van der Waals surface area contributed by atoms with Gasteiger partial charge in [0.15, 0.2) is 0 Å². The zero-order valence-electron chi connectivity index (χ0n) is 18.1. The molecular weight excluding hydrogens is 396 g/mol. The number of amides is 1. The molecule has 10 heteroatoms. The summed E-state index contributed by atoms with van der Waals surface area (Å²) in [5.41, 5.74) is 9.55. The second kappa shape index (κ2) is 9.27. The fourth-order valence-corrected chi connectivity index (χ4v) is 6.06. The first-order chi connectivity index (χ1) is 15.1. The first kappa shape index (κ1) is 21.5. The normalized spacial score (nSPS) is 45.1. The van der Waals surface area contributed by atoms with Crippen molar-refractivity contribution in [1.82, 2.24) is 31.3 Å². The fourth-order valence-electron chi connectivity index (χ4n) is 6.06. The average Bonchev–Trinajstić information content (AvgIpc) is 3.11. The Morgan fingerprint density at radius 1 is 1.19 bits per heavy atom. The van der Waals surface area contributed by atoms with E-state index in [0.717, 1.165) is 39.1 Å². The van der Waals surface area contributed by atoms with Crippen molar-refractivity contribution >= 4 is 5.91 Å². The summed E-state index contributed by atoms with van der Waals surface area (Å²) in [6.45, 7) is 6.51. The van der Waals surface area contributed by atoms with Gasteiger partial charge in [-0.1, -0.05) is 0 Å². The van der Waals surface area contributed by atoms with Gasteiger partial charge in [-0.3, -0.25) is 10.1 Å². The van der Waals surface area contributed by atoms with Crippen LogP contribution >= 0.6 is 0 Å². The Hall–Kier alpha value is -1.32. The van der Waals surface area contributed by atoms with Crippen LogP contribution in [0.3, 0.4) is 0 Å². The van der Waals surface area contributed by atoms with Crippen molar-refractivity contribution in [2.24, 2.45) is 23.5 Å². The molecule has 6 saturated heterocycles. The first-order valence-corrected chi connectivity index (χ1v) is 11.9. The van der Waals surface area contributed by atoms with Crippen molar-refractivity contribution in [3.05, 3.63) is 0 Å². The number of nitrogens with zero attached hydrogens (tertiary/aromatic N) is 3. The van der Waals surface area contributed by atoms with Gasteiger partial charge in [-0.2, -0.15) is 5.26 Å². The van der Waals surface area contributed by atoms with E-state index in [1.165, 1.54) is 25.9 Å². The van der Waals surface area contributed by atoms with Crippen molar-refractivity contribution < 1.29 is 9.53 Å². The lowest BCUT2D eigenvalue weighted by Gasteiger charge is -2.47. The molecule has 6 aliphatic rings. The monoisotopic (exact) mass is 432 g/mol. The van der Waals surface area contributed by atoms with Crippen LogP contribution in [0.1, 0.15) is 25.7 Å². The summed E-state index contributed by atoms with van der Waals surface area (Å²) in [5, 5.41) is 21.1. The largest absolute Gasteiger partial charge is 0.371 e. The van der Waals surface area contributed by atoms with E-state index in [4.69, 9.17) is 15.7 Å². The highest BCUT2D eigenvalue weighted by atomic mass is 16.5. The van der Waals surface area contributed by atoms with Crippen LogP contribution in [0.5, 0.6) is 0 Å². The third kappa shape index (κ3) is 4.46. The molecule has 0 spiro atoms. The average molecular weight is 433 g/mol. The third-order valence-electron chi connectivity index (χ3n) is 7.82. The van der Waals surface area contributed by atoms with Gasteiger partial charge >= 0.3 is 0 Å². The molecule has 172 valence electrons. The predicted molar refractivity (Wildman–Crippen MR) is 114 cm³/mol. The molecule has 1 amide bonds. The maximum Gasteiger partial charge on any atom is 0.229 e. The van der Waals surface area contributed by atoms with Crippen LogP contribution < -0.4 is 27.1 Å². The van der Waals surface area contributed by atoms with E-state index in [0.29, 0.717) is 12.3 Å². The molecule has 6 fully saturated rings. The zero-order chi connectivity index (χ0) is 21.4. The van der Waals surface area contributed by atoms with Gasteiger partial charge in [-0.05, 0) is 50.7 Å².